The zero-order valence-corrected chi connectivity index (χ0v) is 13.4. The highest BCUT2D eigenvalue weighted by molar-refractivity contribution is 6.06. The fraction of sp³-hybridized carbons (Fsp3) is 0.143. The summed E-state index contributed by atoms with van der Waals surface area (Å²) in [6.07, 6.45) is 3.66. The van der Waals surface area contributed by atoms with Gasteiger partial charge >= 0.3 is 5.69 Å². The minimum atomic E-state index is -0.735. The van der Waals surface area contributed by atoms with Crippen LogP contribution in [0.3, 0.4) is 0 Å². The van der Waals surface area contributed by atoms with Crippen LogP contribution in [0, 0.1) is 10.1 Å². The van der Waals surface area contributed by atoms with E-state index in [0.717, 1.165) is 6.20 Å². The Morgan fingerprint density at radius 3 is 2.77 bits per heavy atom. The molecular formula is C14H13N7O5. The fourth-order valence-corrected chi connectivity index (χ4v) is 2.28. The number of carbonyl (C=O) groups excluding carboxylic acids is 2. The van der Waals surface area contributed by atoms with E-state index in [1.165, 1.54) is 34.9 Å². The Balaban J connectivity index is 1.72. The number of rotatable bonds is 6. The number of hydrogen-bond donors (Lipinski definition) is 2. The van der Waals surface area contributed by atoms with E-state index in [1.54, 1.807) is 6.07 Å². The van der Waals surface area contributed by atoms with Crippen LogP contribution in [0.15, 0.2) is 35.1 Å². The van der Waals surface area contributed by atoms with Crippen molar-refractivity contribution in [2.75, 3.05) is 5.32 Å². The Morgan fingerprint density at radius 2 is 2.12 bits per heavy atom. The zero-order valence-electron chi connectivity index (χ0n) is 13.4. The molecule has 0 aromatic carbocycles. The number of anilines is 1. The van der Waals surface area contributed by atoms with Gasteiger partial charge in [0.1, 0.15) is 23.8 Å². The molecule has 0 bridgehead atoms. The molecule has 0 spiro atoms. The van der Waals surface area contributed by atoms with Gasteiger partial charge in [-0.05, 0) is 12.1 Å². The second-order valence-electron chi connectivity index (χ2n) is 5.27. The number of nitrogens with zero attached hydrogens (tertiary/aromatic N) is 5. The summed E-state index contributed by atoms with van der Waals surface area (Å²) in [5, 5.41) is 20.9. The average molecular weight is 359 g/mol. The highest BCUT2D eigenvalue weighted by Crippen LogP contribution is 2.17. The SMILES string of the molecule is Cn1ncc(NC(=O)c2ccc(Cn3cc([N+](=O)[O-])cn3)o2)c1C(N)=O. The summed E-state index contributed by atoms with van der Waals surface area (Å²) in [5.41, 5.74) is 5.32. The summed E-state index contributed by atoms with van der Waals surface area (Å²) in [7, 11) is 1.52. The highest BCUT2D eigenvalue weighted by atomic mass is 16.6. The van der Waals surface area contributed by atoms with Crippen LogP contribution in [0.1, 0.15) is 26.8 Å². The molecule has 3 N–H and O–H groups in total. The number of aryl methyl sites for hydroxylation is 1. The maximum atomic E-state index is 12.3. The number of nitro groups is 1. The van der Waals surface area contributed by atoms with Crippen molar-refractivity contribution < 1.29 is 18.9 Å². The van der Waals surface area contributed by atoms with Gasteiger partial charge in [0, 0.05) is 7.05 Å². The van der Waals surface area contributed by atoms with Gasteiger partial charge in [0.15, 0.2) is 5.76 Å². The van der Waals surface area contributed by atoms with E-state index in [1.807, 2.05) is 0 Å². The number of carbonyl (C=O) groups is 2. The van der Waals surface area contributed by atoms with Crippen LogP contribution in [-0.2, 0) is 13.6 Å². The van der Waals surface area contributed by atoms with E-state index in [4.69, 9.17) is 10.2 Å². The summed E-state index contributed by atoms with van der Waals surface area (Å²) < 4.78 is 7.97. The minimum absolute atomic E-state index is 0.0130. The molecule has 3 aromatic heterocycles. The molecule has 12 nitrogen and oxygen atoms in total. The van der Waals surface area contributed by atoms with Gasteiger partial charge < -0.3 is 15.5 Å². The lowest BCUT2D eigenvalue weighted by Crippen LogP contribution is -2.20. The van der Waals surface area contributed by atoms with E-state index in [0.29, 0.717) is 5.76 Å². The third-order valence-electron chi connectivity index (χ3n) is 3.45. The minimum Gasteiger partial charge on any atom is -0.454 e. The summed E-state index contributed by atoms with van der Waals surface area (Å²) in [5.74, 6) is -0.978. The first-order chi connectivity index (χ1) is 12.3. The van der Waals surface area contributed by atoms with Crippen molar-refractivity contribution in [3.05, 3.63) is 58.1 Å². The van der Waals surface area contributed by atoms with Crippen molar-refractivity contribution in [2.45, 2.75) is 6.54 Å². The van der Waals surface area contributed by atoms with Crippen molar-refractivity contribution >= 4 is 23.2 Å². The standard InChI is InChI=1S/C14H13N7O5/c1-19-12(13(15)22)10(5-16-19)18-14(23)11-3-2-9(26-11)7-20-6-8(4-17-20)21(24)25/h2-6H,7H2,1H3,(H2,15,22)(H,18,23). The molecule has 2 amide bonds. The van der Waals surface area contributed by atoms with Crippen molar-refractivity contribution in [1.82, 2.24) is 19.6 Å². The lowest BCUT2D eigenvalue weighted by Gasteiger charge is -2.03. The summed E-state index contributed by atoms with van der Waals surface area (Å²) >= 11 is 0. The van der Waals surface area contributed by atoms with E-state index >= 15 is 0 Å². The molecule has 3 aromatic rings. The van der Waals surface area contributed by atoms with Crippen LogP contribution < -0.4 is 11.1 Å². The Kier molecular flexibility index (Phi) is 4.22. The van der Waals surface area contributed by atoms with Crippen LogP contribution in [0.2, 0.25) is 0 Å². The molecule has 3 heterocycles. The third-order valence-corrected chi connectivity index (χ3v) is 3.45. The van der Waals surface area contributed by atoms with Gasteiger partial charge in [-0.1, -0.05) is 0 Å². The molecule has 134 valence electrons. The van der Waals surface area contributed by atoms with Gasteiger partial charge in [-0.25, -0.2) is 0 Å². The summed E-state index contributed by atoms with van der Waals surface area (Å²) in [4.78, 5) is 33.7. The molecule has 0 radical (unpaired) electrons. The van der Waals surface area contributed by atoms with Crippen LogP contribution in [0.4, 0.5) is 11.4 Å². The summed E-state index contributed by atoms with van der Waals surface area (Å²) in [6.45, 7) is 0.112. The van der Waals surface area contributed by atoms with Crippen LogP contribution in [0.5, 0.6) is 0 Å². The predicted octanol–water partition coefficient (Wildman–Crippen LogP) is 0.517. The van der Waals surface area contributed by atoms with Gasteiger partial charge in [0.25, 0.3) is 11.8 Å². The molecule has 0 unspecified atom stereocenters. The Bertz CT molecular complexity index is 999. The number of hydrogen-bond acceptors (Lipinski definition) is 7. The van der Waals surface area contributed by atoms with Crippen LogP contribution >= 0.6 is 0 Å². The highest BCUT2D eigenvalue weighted by Gasteiger charge is 2.19. The van der Waals surface area contributed by atoms with Crippen molar-refractivity contribution in [2.24, 2.45) is 12.8 Å². The first-order valence-corrected chi connectivity index (χ1v) is 7.24. The van der Waals surface area contributed by atoms with Gasteiger partial charge in [-0.3, -0.25) is 29.1 Å². The van der Waals surface area contributed by atoms with Crippen molar-refractivity contribution in [1.29, 1.82) is 0 Å². The van der Waals surface area contributed by atoms with Gasteiger partial charge in [-0.15, -0.1) is 0 Å². The maximum Gasteiger partial charge on any atom is 0.307 e. The van der Waals surface area contributed by atoms with Gasteiger partial charge in [-0.2, -0.15) is 10.2 Å². The Hall–Kier alpha value is -3.96. The van der Waals surface area contributed by atoms with E-state index in [9.17, 15) is 19.7 Å². The van der Waals surface area contributed by atoms with Crippen molar-refractivity contribution in [3.63, 3.8) is 0 Å². The quantitative estimate of drug-likeness (QED) is 0.478. The topological polar surface area (TPSA) is 164 Å². The number of amides is 2. The second-order valence-corrected chi connectivity index (χ2v) is 5.27. The number of furan rings is 1. The molecule has 0 saturated heterocycles. The largest absolute Gasteiger partial charge is 0.454 e. The molecule has 3 rings (SSSR count). The molecule has 12 heteroatoms. The zero-order chi connectivity index (χ0) is 18.8. The molecule has 0 aliphatic carbocycles. The predicted molar refractivity (Wildman–Crippen MR) is 86.4 cm³/mol. The van der Waals surface area contributed by atoms with Crippen molar-refractivity contribution in [3.8, 4) is 0 Å². The lowest BCUT2D eigenvalue weighted by atomic mass is 10.3. The molecule has 0 aliphatic heterocycles. The van der Waals surface area contributed by atoms with E-state index < -0.39 is 16.7 Å². The van der Waals surface area contributed by atoms with Crippen LogP contribution in [0.25, 0.3) is 0 Å². The Labute approximate surface area is 145 Å². The first kappa shape index (κ1) is 16.9. The van der Waals surface area contributed by atoms with Gasteiger partial charge in [0.2, 0.25) is 0 Å². The van der Waals surface area contributed by atoms with E-state index in [-0.39, 0.29) is 29.4 Å². The number of primary amides is 1. The van der Waals surface area contributed by atoms with E-state index in [2.05, 4.69) is 15.5 Å². The Morgan fingerprint density at radius 1 is 1.35 bits per heavy atom. The second kappa shape index (κ2) is 6.51. The lowest BCUT2D eigenvalue weighted by molar-refractivity contribution is -0.385. The molecule has 26 heavy (non-hydrogen) atoms. The summed E-state index contributed by atoms with van der Waals surface area (Å²) in [6, 6.07) is 2.98. The normalized spacial score (nSPS) is 10.7. The smallest absolute Gasteiger partial charge is 0.307 e. The number of nitrogens with one attached hydrogen (secondary N) is 1. The van der Waals surface area contributed by atoms with Crippen LogP contribution in [-0.4, -0.2) is 36.3 Å². The monoisotopic (exact) mass is 359 g/mol. The maximum absolute atomic E-state index is 12.3. The number of aromatic nitrogens is 4. The first-order valence-electron chi connectivity index (χ1n) is 7.24. The molecule has 0 atom stereocenters. The molecular weight excluding hydrogens is 346 g/mol. The molecule has 0 aliphatic rings. The van der Waals surface area contributed by atoms with Gasteiger partial charge in [0.05, 0.1) is 23.4 Å². The molecule has 0 saturated carbocycles. The number of nitrogens with two attached hydrogens (primary N) is 1. The third kappa shape index (κ3) is 3.28. The molecule has 0 fully saturated rings. The average Bonchev–Trinajstić information content (AvgIpc) is 3.28. The fourth-order valence-electron chi connectivity index (χ4n) is 2.28.